The maximum absolute atomic E-state index is 11.8. The van der Waals surface area contributed by atoms with Gasteiger partial charge in [-0.05, 0) is 12.1 Å². The Morgan fingerprint density at radius 2 is 2.19 bits per heavy atom. The second-order valence-corrected chi connectivity index (χ2v) is 4.49. The molecule has 8 nitrogen and oxygen atoms in total. The molecular weight excluding hydrogens is 296 g/mol. The number of urea groups is 1. The van der Waals surface area contributed by atoms with Gasteiger partial charge in [-0.1, -0.05) is 17.7 Å². The Morgan fingerprint density at radius 1 is 1.43 bits per heavy atom. The summed E-state index contributed by atoms with van der Waals surface area (Å²) < 4.78 is 1.10. The summed E-state index contributed by atoms with van der Waals surface area (Å²) in [5.74, 6) is 0.400. The Hall–Kier alpha value is -2.61. The molecule has 110 valence electrons. The van der Waals surface area contributed by atoms with Crippen molar-refractivity contribution in [3.63, 3.8) is 0 Å². The van der Waals surface area contributed by atoms with E-state index in [0.717, 1.165) is 4.68 Å². The molecule has 9 heteroatoms. The molecule has 0 spiro atoms. The fraction of sp³-hybridized carbons (Fsp3) is 0.167. The number of aryl methyl sites for hydroxylation is 1. The van der Waals surface area contributed by atoms with Crippen LogP contribution < -0.4 is 21.3 Å². The molecule has 0 aromatic carbocycles. The lowest BCUT2D eigenvalue weighted by Gasteiger charge is -2.20. The van der Waals surface area contributed by atoms with E-state index in [1.54, 1.807) is 31.4 Å². The number of rotatable bonds is 3. The van der Waals surface area contributed by atoms with Crippen LogP contribution in [0.3, 0.4) is 0 Å². The molecule has 21 heavy (non-hydrogen) atoms. The predicted molar refractivity (Wildman–Crippen MR) is 79.3 cm³/mol. The number of nitrogens with zero attached hydrogens (tertiary/aromatic N) is 4. The summed E-state index contributed by atoms with van der Waals surface area (Å²) in [6.45, 7) is 0. The van der Waals surface area contributed by atoms with Crippen LogP contribution in [0.2, 0.25) is 5.02 Å². The van der Waals surface area contributed by atoms with Gasteiger partial charge in [-0.25, -0.2) is 19.9 Å². The molecule has 2 amide bonds. The SMILES string of the molecule is CN(NC(=O)Nc1ccccn1)c1cnn(C)c(=O)c1Cl. The molecule has 0 radical (unpaired) electrons. The lowest BCUT2D eigenvalue weighted by atomic mass is 10.4. The zero-order chi connectivity index (χ0) is 15.4. The third-order valence-electron chi connectivity index (χ3n) is 2.60. The number of halogens is 1. The van der Waals surface area contributed by atoms with Crippen molar-refractivity contribution in [2.75, 3.05) is 17.4 Å². The number of hydrogen-bond donors (Lipinski definition) is 2. The third-order valence-corrected chi connectivity index (χ3v) is 2.95. The van der Waals surface area contributed by atoms with Gasteiger partial charge in [0.05, 0.1) is 6.20 Å². The number of carbonyl (C=O) groups excluding carboxylic acids is 1. The monoisotopic (exact) mass is 308 g/mol. The molecule has 0 aliphatic heterocycles. The van der Waals surface area contributed by atoms with Gasteiger partial charge < -0.3 is 0 Å². The first-order valence-corrected chi connectivity index (χ1v) is 6.31. The minimum atomic E-state index is -0.520. The number of hydrogen-bond acceptors (Lipinski definition) is 5. The molecular formula is C12H13ClN6O2. The van der Waals surface area contributed by atoms with Gasteiger partial charge in [-0.15, -0.1) is 0 Å². The molecule has 0 fully saturated rings. The minimum Gasteiger partial charge on any atom is -0.291 e. The fourth-order valence-corrected chi connectivity index (χ4v) is 1.83. The Balaban J connectivity index is 2.08. The van der Waals surface area contributed by atoms with Crippen molar-refractivity contribution in [2.24, 2.45) is 7.05 Å². The van der Waals surface area contributed by atoms with Gasteiger partial charge in [0.25, 0.3) is 5.56 Å². The van der Waals surface area contributed by atoms with E-state index in [-0.39, 0.29) is 10.7 Å². The molecule has 2 N–H and O–H groups in total. The molecule has 0 saturated heterocycles. The van der Waals surface area contributed by atoms with E-state index in [2.05, 4.69) is 20.8 Å². The number of nitrogens with one attached hydrogen (secondary N) is 2. The Labute approximate surface area is 125 Å². The number of hydrazine groups is 1. The van der Waals surface area contributed by atoms with Crippen LogP contribution in [0, 0.1) is 0 Å². The van der Waals surface area contributed by atoms with Crippen molar-refractivity contribution in [1.29, 1.82) is 0 Å². The number of amides is 2. The largest absolute Gasteiger partial charge is 0.339 e. The van der Waals surface area contributed by atoms with E-state index in [1.165, 1.54) is 18.3 Å². The van der Waals surface area contributed by atoms with Crippen LogP contribution in [0.15, 0.2) is 35.4 Å². The van der Waals surface area contributed by atoms with Crippen LogP contribution in [0.5, 0.6) is 0 Å². The zero-order valence-electron chi connectivity index (χ0n) is 11.4. The van der Waals surface area contributed by atoms with Crippen LogP contribution in [0.4, 0.5) is 16.3 Å². The standard InChI is InChI=1S/C12H13ClN6O2/c1-18(8-7-15-19(2)11(20)10(8)13)17-12(21)16-9-5-3-4-6-14-9/h3-7H,1-2H3,(H2,14,16,17,21). The van der Waals surface area contributed by atoms with Gasteiger partial charge in [-0.3, -0.25) is 15.1 Å². The average molecular weight is 309 g/mol. The first kappa shape index (κ1) is 14.8. The van der Waals surface area contributed by atoms with E-state index in [1.807, 2.05) is 0 Å². The highest BCUT2D eigenvalue weighted by atomic mass is 35.5. The first-order chi connectivity index (χ1) is 9.99. The van der Waals surface area contributed by atoms with E-state index in [0.29, 0.717) is 5.82 Å². The first-order valence-electron chi connectivity index (χ1n) is 5.93. The third kappa shape index (κ3) is 3.48. The second kappa shape index (κ2) is 6.23. The van der Waals surface area contributed by atoms with Crippen molar-refractivity contribution in [1.82, 2.24) is 20.2 Å². The van der Waals surface area contributed by atoms with Crippen LogP contribution >= 0.6 is 11.6 Å². The summed E-state index contributed by atoms with van der Waals surface area (Å²) in [6, 6.07) is 4.61. The van der Waals surface area contributed by atoms with Gasteiger partial charge >= 0.3 is 6.03 Å². The number of carbonyl (C=O) groups is 1. The summed E-state index contributed by atoms with van der Waals surface area (Å²) in [5, 5.41) is 7.65. The number of anilines is 2. The highest BCUT2D eigenvalue weighted by Crippen LogP contribution is 2.17. The van der Waals surface area contributed by atoms with Gasteiger partial charge in [0.2, 0.25) is 0 Å². The van der Waals surface area contributed by atoms with Crippen molar-refractivity contribution >= 4 is 29.1 Å². The Morgan fingerprint density at radius 3 is 2.86 bits per heavy atom. The summed E-state index contributed by atoms with van der Waals surface area (Å²) in [5.41, 5.74) is 2.34. The molecule has 0 saturated carbocycles. The zero-order valence-corrected chi connectivity index (χ0v) is 12.1. The van der Waals surface area contributed by atoms with Gasteiger partial charge in [0.15, 0.2) is 0 Å². The smallest absolute Gasteiger partial charge is 0.291 e. The second-order valence-electron chi connectivity index (χ2n) is 4.11. The molecule has 0 bridgehead atoms. The van der Waals surface area contributed by atoms with Gasteiger partial charge in [0, 0.05) is 20.3 Å². The van der Waals surface area contributed by atoms with Gasteiger partial charge in [0.1, 0.15) is 16.5 Å². The molecule has 2 aromatic heterocycles. The topological polar surface area (TPSA) is 92.2 Å². The molecule has 2 rings (SSSR count). The fourth-order valence-electron chi connectivity index (χ4n) is 1.53. The summed E-state index contributed by atoms with van der Waals surface area (Å²) >= 11 is 5.94. The van der Waals surface area contributed by atoms with Gasteiger partial charge in [-0.2, -0.15) is 5.10 Å². The minimum absolute atomic E-state index is 0.0341. The number of pyridine rings is 1. The van der Waals surface area contributed by atoms with Crippen LogP contribution in [0.1, 0.15) is 0 Å². The van der Waals surface area contributed by atoms with Crippen LogP contribution in [-0.4, -0.2) is 27.8 Å². The van der Waals surface area contributed by atoms with Crippen molar-refractivity contribution in [3.05, 3.63) is 46.0 Å². The maximum Gasteiger partial charge on any atom is 0.339 e. The molecule has 0 atom stereocenters. The Kier molecular flexibility index (Phi) is 4.39. The predicted octanol–water partition coefficient (Wildman–Crippen LogP) is 1.00. The molecule has 2 aromatic rings. The lowest BCUT2D eigenvalue weighted by Crippen LogP contribution is -2.43. The summed E-state index contributed by atoms with van der Waals surface area (Å²) in [6.07, 6.45) is 2.94. The van der Waals surface area contributed by atoms with E-state index in [9.17, 15) is 9.59 Å². The van der Waals surface area contributed by atoms with Crippen molar-refractivity contribution in [2.45, 2.75) is 0 Å². The molecule has 0 unspecified atom stereocenters. The lowest BCUT2D eigenvalue weighted by molar-refractivity contribution is 0.251. The average Bonchev–Trinajstić information content (AvgIpc) is 2.45. The normalized spacial score (nSPS) is 10.0. The summed E-state index contributed by atoms with van der Waals surface area (Å²) in [7, 11) is 3.03. The summed E-state index contributed by atoms with van der Waals surface area (Å²) in [4.78, 5) is 27.4. The molecule has 2 heterocycles. The van der Waals surface area contributed by atoms with Crippen molar-refractivity contribution < 1.29 is 4.79 Å². The van der Waals surface area contributed by atoms with E-state index in [4.69, 9.17) is 11.6 Å². The van der Waals surface area contributed by atoms with Crippen LogP contribution in [0.25, 0.3) is 0 Å². The van der Waals surface area contributed by atoms with E-state index >= 15 is 0 Å². The highest BCUT2D eigenvalue weighted by molar-refractivity contribution is 6.33. The van der Waals surface area contributed by atoms with Crippen molar-refractivity contribution in [3.8, 4) is 0 Å². The maximum atomic E-state index is 11.8. The Bertz CT molecular complexity index is 703. The number of aromatic nitrogens is 3. The molecule has 0 aliphatic rings. The highest BCUT2D eigenvalue weighted by Gasteiger charge is 2.13. The van der Waals surface area contributed by atoms with E-state index < -0.39 is 11.6 Å². The molecule has 0 aliphatic carbocycles. The quantitative estimate of drug-likeness (QED) is 0.825. The van der Waals surface area contributed by atoms with Crippen LogP contribution in [-0.2, 0) is 7.05 Å².